The number of methoxy groups -OCH3 is 1. The van der Waals surface area contributed by atoms with E-state index in [0.29, 0.717) is 0 Å². The van der Waals surface area contributed by atoms with Gasteiger partial charge in [-0.15, -0.1) is 0 Å². The fourth-order valence-corrected chi connectivity index (χ4v) is 1.62. The number of hydrogen-bond acceptors (Lipinski definition) is 4. The van der Waals surface area contributed by atoms with Crippen LogP contribution in [0.1, 0.15) is 22.7 Å². The number of benzene rings is 1. The van der Waals surface area contributed by atoms with Crippen molar-refractivity contribution in [3.63, 3.8) is 0 Å². The first-order valence-corrected chi connectivity index (χ1v) is 5.30. The highest BCUT2D eigenvalue weighted by molar-refractivity contribution is 5.86. The summed E-state index contributed by atoms with van der Waals surface area (Å²) in [4.78, 5) is 14.2. The number of hydrogen-bond donors (Lipinski definition) is 1. The van der Waals surface area contributed by atoms with Crippen molar-refractivity contribution in [2.24, 2.45) is 0 Å². The molecule has 5 nitrogen and oxygen atoms in total. The molecule has 0 spiro atoms. The van der Waals surface area contributed by atoms with E-state index in [1.54, 1.807) is 0 Å². The van der Waals surface area contributed by atoms with Crippen LogP contribution >= 0.6 is 0 Å². The van der Waals surface area contributed by atoms with Crippen LogP contribution in [-0.2, 0) is 0 Å². The van der Waals surface area contributed by atoms with Crippen molar-refractivity contribution in [1.29, 1.82) is 0 Å². The van der Waals surface area contributed by atoms with Crippen LogP contribution in [0.15, 0.2) is 22.6 Å². The number of halogens is 3. The Hall–Kier alpha value is -2.51. The zero-order valence-electron chi connectivity index (χ0n) is 10.1. The summed E-state index contributed by atoms with van der Waals surface area (Å²) in [5.41, 5.74) is -1.37. The van der Waals surface area contributed by atoms with E-state index in [2.05, 4.69) is 4.98 Å². The van der Waals surface area contributed by atoms with E-state index in [4.69, 9.17) is 14.3 Å². The van der Waals surface area contributed by atoms with Crippen molar-refractivity contribution < 1.29 is 32.2 Å². The molecule has 0 saturated heterocycles. The molecule has 1 aromatic carbocycles. The lowest BCUT2D eigenvalue weighted by Crippen LogP contribution is -1.99. The van der Waals surface area contributed by atoms with Crippen molar-refractivity contribution >= 4 is 5.97 Å². The van der Waals surface area contributed by atoms with E-state index in [-0.39, 0.29) is 11.3 Å². The number of ether oxygens (including phenoxy) is 1. The zero-order valence-corrected chi connectivity index (χ0v) is 10.1. The molecule has 106 valence electrons. The maximum atomic E-state index is 13.8. The molecule has 20 heavy (non-hydrogen) atoms. The van der Waals surface area contributed by atoms with Gasteiger partial charge >= 0.3 is 5.97 Å². The Kier molecular flexibility index (Phi) is 3.64. The van der Waals surface area contributed by atoms with Gasteiger partial charge in [-0.3, -0.25) is 0 Å². The van der Waals surface area contributed by atoms with Gasteiger partial charge in [0.15, 0.2) is 5.69 Å². The monoisotopic (exact) mass is 287 g/mol. The minimum atomic E-state index is -3.16. The molecule has 1 N–H and O–H groups in total. The highest BCUT2D eigenvalue weighted by Crippen LogP contribution is 2.35. The molecule has 0 aliphatic heterocycles. The van der Waals surface area contributed by atoms with Crippen LogP contribution in [0.4, 0.5) is 13.2 Å². The molecule has 1 heterocycles. The summed E-state index contributed by atoms with van der Waals surface area (Å²) in [6.07, 6.45) is -3.16. The molecule has 0 atom stereocenters. The molecule has 0 unspecified atom stereocenters. The fraction of sp³-hybridized carbons (Fsp3) is 0.167. The number of aromatic carboxylic acids is 1. The molecule has 0 fully saturated rings. The van der Waals surface area contributed by atoms with Crippen LogP contribution in [0.25, 0.3) is 11.5 Å². The van der Waals surface area contributed by atoms with Crippen molar-refractivity contribution in [1.82, 2.24) is 4.98 Å². The molecule has 0 aliphatic rings. The number of rotatable bonds is 4. The quantitative estimate of drug-likeness (QED) is 0.935. The lowest BCUT2D eigenvalue weighted by Gasteiger charge is -2.05. The van der Waals surface area contributed by atoms with Crippen LogP contribution in [0.3, 0.4) is 0 Å². The Morgan fingerprint density at radius 2 is 2.15 bits per heavy atom. The predicted molar refractivity (Wildman–Crippen MR) is 60.4 cm³/mol. The first-order valence-electron chi connectivity index (χ1n) is 5.30. The van der Waals surface area contributed by atoms with E-state index in [9.17, 15) is 18.0 Å². The lowest BCUT2D eigenvalue weighted by molar-refractivity contribution is 0.0646. The van der Waals surface area contributed by atoms with Gasteiger partial charge in [0, 0.05) is 0 Å². The van der Waals surface area contributed by atoms with Crippen molar-refractivity contribution in [3.05, 3.63) is 35.5 Å². The lowest BCUT2D eigenvalue weighted by atomic mass is 10.2. The Balaban J connectivity index is 2.65. The highest BCUT2D eigenvalue weighted by Gasteiger charge is 2.28. The normalized spacial score (nSPS) is 10.8. The third-order valence-corrected chi connectivity index (χ3v) is 2.46. The van der Waals surface area contributed by atoms with Gasteiger partial charge in [-0.05, 0) is 12.1 Å². The number of aromatic nitrogens is 1. The fourth-order valence-electron chi connectivity index (χ4n) is 1.62. The molecule has 2 aromatic rings. The van der Waals surface area contributed by atoms with Gasteiger partial charge in [0.25, 0.3) is 6.43 Å². The zero-order chi connectivity index (χ0) is 14.9. The average molecular weight is 287 g/mol. The maximum absolute atomic E-state index is 13.8. The number of alkyl halides is 2. The maximum Gasteiger partial charge on any atom is 0.374 e. The third-order valence-electron chi connectivity index (χ3n) is 2.46. The van der Waals surface area contributed by atoms with Gasteiger partial charge in [-0.25, -0.2) is 22.9 Å². The van der Waals surface area contributed by atoms with Crippen LogP contribution in [0.5, 0.6) is 5.75 Å². The largest absolute Gasteiger partial charge is 0.496 e. The van der Waals surface area contributed by atoms with Crippen LogP contribution in [0, 0.1) is 5.82 Å². The minimum Gasteiger partial charge on any atom is -0.496 e. The van der Waals surface area contributed by atoms with E-state index in [1.165, 1.54) is 19.2 Å². The molecule has 0 amide bonds. The van der Waals surface area contributed by atoms with Gasteiger partial charge < -0.3 is 14.3 Å². The first kappa shape index (κ1) is 13.9. The number of carboxylic acids is 1. The van der Waals surface area contributed by atoms with Crippen molar-refractivity contribution in [2.75, 3.05) is 7.11 Å². The van der Waals surface area contributed by atoms with E-state index >= 15 is 0 Å². The number of oxazole rings is 1. The molecule has 8 heteroatoms. The van der Waals surface area contributed by atoms with Crippen molar-refractivity contribution in [2.45, 2.75) is 6.43 Å². The molecule has 2 rings (SSSR count). The van der Waals surface area contributed by atoms with E-state index in [0.717, 1.165) is 6.07 Å². The Bertz CT molecular complexity index is 654. The van der Waals surface area contributed by atoms with Crippen LogP contribution in [-0.4, -0.2) is 23.2 Å². The average Bonchev–Trinajstić information content (AvgIpc) is 2.83. The predicted octanol–water partition coefficient (Wildman–Crippen LogP) is 3.13. The second-order valence-electron chi connectivity index (χ2n) is 3.66. The smallest absolute Gasteiger partial charge is 0.374 e. The number of carboxylic acid groups (broad SMARTS) is 1. The topological polar surface area (TPSA) is 72.6 Å². The SMILES string of the molecule is COc1cccc(F)c1-c1nc(C(F)F)c(C(=O)O)o1. The first-order chi connectivity index (χ1) is 9.45. The van der Waals surface area contributed by atoms with E-state index in [1.807, 2.05) is 0 Å². The highest BCUT2D eigenvalue weighted by atomic mass is 19.3. The molecule has 0 saturated carbocycles. The van der Waals surface area contributed by atoms with Gasteiger partial charge in [0.05, 0.1) is 7.11 Å². The van der Waals surface area contributed by atoms with Gasteiger partial charge in [0.1, 0.15) is 17.1 Å². The molecular weight excluding hydrogens is 279 g/mol. The molecule has 1 aromatic heterocycles. The Labute approximate surface area is 110 Å². The van der Waals surface area contributed by atoms with Gasteiger partial charge in [-0.1, -0.05) is 6.07 Å². The van der Waals surface area contributed by atoms with Gasteiger partial charge in [0.2, 0.25) is 11.7 Å². The molecule has 0 aliphatic carbocycles. The van der Waals surface area contributed by atoms with Crippen molar-refractivity contribution in [3.8, 4) is 17.2 Å². The Morgan fingerprint density at radius 1 is 1.45 bits per heavy atom. The third kappa shape index (κ3) is 2.31. The summed E-state index contributed by atoms with van der Waals surface area (Å²) < 4.78 is 48.7. The van der Waals surface area contributed by atoms with Gasteiger partial charge in [-0.2, -0.15) is 0 Å². The summed E-state index contributed by atoms with van der Waals surface area (Å²) in [5.74, 6) is -4.16. The second kappa shape index (κ2) is 5.24. The summed E-state index contributed by atoms with van der Waals surface area (Å²) >= 11 is 0. The second-order valence-corrected chi connectivity index (χ2v) is 3.66. The minimum absolute atomic E-state index is 0.0102. The van der Waals surface area contributed by atoms with E-state index < -0.39 is 35.6 Å². The summed E-state index contributed by atoms with van der Waals surface area (Å²) in [6.45, 7) is 0. The summed E-state index contributed by atoms with van der Waals surface area (Å²) in [5, 5.41) is 8.78. The summed E-state index contributed by atoms with van der Waals surface area (Å²) in [6, 6.07) is 3.75. The van der Waals surface area contributed by atoms with Crippen LogP contribution < -0.4 is 4.74 Å². The molecular formula is C12H8F3NO4. The standard InChI is InChI=1S/C12H8F3NO4/c1-19-6-4-2-3-5(13)7(6)11-16-8(10(14)15)9(20-11)12(17)18/h2-4,10H,1H3,(H,17,18). The molecule has 0 bridgehead atoms. The molecule has 0 radical (unpaired) electrons. The van der Waals surface area contributed by atoms with Crippen LogP contribution in [0.2, 0.25) is 0 Å². The summed E-state index contributed by atoms with van der Waals surface area (Å²) in [7, 11) is 1.24. The Morgan fingerprint density at radius 3 is 2.65 bits per heavy atom. The number of carbonyl (C=O) groups is 1. The number of nitrogens with zero attached hydrogens (tertiary/aromatic N) is 1.